The van der Waals surface area contributed by atoms with Gasteiger partial charge in [-0.05, 0) is 25.5 Å². The van der Waals surface area contributed by atoms with Crippen LogP contribution in [0.2, 0.25) is 0 Å². The number of sulfone groups is 1. The van der Waals surface area contributed by atoms with E-state index in [1.54, 1.807) is 20.0 Å². The fraction of sp³-hybridized carbons (Fsp3) is 0.500. The van der Waals surface area contributed by atoms with E-state index in [-0.39, 0.29) is 35.5 Å². The third kappa shape index (κ3) is 3.62. The average molecular weight is 326 g/mol. The van der Waals surface area contributed by atoms with Gasteiger partial charge in [-0.15, -0.1) is 0 Å². The quantitative estimate of drug-likeness (QED) is 0.749. The van der Waals surface area contributed by atoms with Crippen molar-refractivity contribution < 1.29 is 22.7 Å². The topological polar surface area (TPSA) is 93.6 Å². The predicted molar refractivity (Wildman–Crippen MR) is 79.3 cm³/mol. The van der Waals surface area contributed by atoms with Crippen molar-refractivity contribution in [1.82, 2.24) is 9.88 Å². The Balaban J connectivity index is 2.16. The zero-order chi connectivity index (χ0) is 16.3. The van der Waals surface area contributed by atoms with Crippen LogP contribution in [0, 0.1) is 0 Å². The van der Waals surface area contributed by atoms with Crippen molar-refractivity contribution >= 4 is 21.7 Å². The highest BCUT2D eigenvalue weighted by atomic mass is 32.2. The van der Waals surface area contributed by atoms with E-state index < -0.39 is 21.7 Å². The average Bonchev–Trinajstić information content (AvgIpc) is 2.86. The second-order valence-electron chi connectivity index (χ2n) is 5.10. The summed E-state index contributed by atoms with van der Waals surface area (Å²) in [5.41, 5.74) is 0.150. The van der Waals surface area contributed by atoms with Crippen LogP contribution in [0.1, 0.15) is 34.3 Å². The van der Waals surface area contributed by atoms with Crippen molar-refractivity contribution in [3.63, 3.8) is 0 Å². The maximum atomic E-state index is 12.4. The Bertz CT molecular complexity index is 686. The summed E-state index contributed by atoms with van der Waals surface area (Å²) in [5.74, 6) is -0.949. The SMILES string of the molecule is CCOC(=O)c1cccc(C(=O)N(C)C2CCS(=O)(=O)C2)n1. The van der Waals surface area contributed by atoms with Crippen LogP contribution in [-0.4, -0.2) is 61.4 Å². The molecule has 1 saturated heterocycles. The van der Waals surface area contributed by atoms with Crippen LogP contribution in [0.25, 0.3) is 0 Å². The molecule has 0 saturated carbocycles. The third-order valence-electron chi connectivity index (χ3n) is 3.53. The van der Waals surface area contributed by atoms with Gasteiger partial charge in [0.2, 0.25) is 0 Å². The maximum Gasteiger partial charge on any atom is 0.356 e. The zero-order valence-corrected chi connectivity index (χ0v) is 13.3. The van der Waals surface area contributed by atoms with E-state index in [0.29, 0.717) is 6.42 Å². The highest BCUT2D eigenvalue weighted by molar-refractivity contribution is 7.91. The smallest absolute Gasteiger partial charge is 0.356 e. The Morgan fingerprint density at radius 2 is 2.05 bits per heavy atom. The largest absolute Gasteiger partial charge is 0.461 e. The summed E-state index contributed by atoms with van der Waals surface area (Å²) in [4.78, 5) is 29.4. The van der Waals surface area contributed by atoms with Crippen molar-refractivity contribution in [2.45, 2.75) is 19.4 Å². The van der Waals surface area contributed by atoms with Gasteiger partial charge in [0.05, 0.1) is 18.1 Å². The highest BCUT2D eigenvalue weighted by Gasteiger charge is 2.33. The number of nitrogens with zero attached hydrogens (tertiary/aromatic N) is 2. The van der Waals surface area contributed by atoms with E-state index in [4.69, 9.17) is 4.74 Å². The molecule has 2 heterocycles. The summed E-state index contributed by atoms with van der Waals surface area (Å²) in [6.07, 6.45) is 0.419. The van der Waals surface area contributed by atoms with Crippen LogP contribution in [0.4, 0.5) is 0 Å². The van der Waals surface area contributed by atoms with Crippen molar-refractivity contribution in [2.24, 2.45) is 0 Å². The molecule has 0 bridgehead atoms. The first-order chi connectivity index (χ1) is 10.3. The lowest BCUT2D eigenvalue weighted by Crippen LogP contribution is -2.38. The Hall–Kier alpha value is -1.96. The van der Waals surface area contributed by atoms with E-state index in [0.717, 1.165) is 0 Å². The van der Waals surface area contributed by atoms with Crippen molar-refractivity contribution in [3.8, 4) is 0 Å². The van der Waals surface area contributed by atoms with Gasteiger partial charge in [0.1, 0.15) is 11.4 Å². The summed E-state index contributed by atoms with van der Waals surface area (Å²) in [5, 5.41) is 0. The number of rotatable bonds is 4. The predicted octanol–water partition coefficient (Wildman–Crippen LogP) is 0.517. The number of hydrogen-bond donors (Lipinski definition) is 0. The standard InChI is InChI=1S/C14H18N2O5S/c1-3-21-14(18)12-6-4-5-11(15-12)13(17)16(2)10-7-8-22(19,20)9-10/h4-6,10H,3,7-9H2,1-2H3. The monoisotopic (exact) mass is 326 g/mol. The molecule has 22 heavy (non-hydrogen) atoms. The van der Waals surface area contributed by atoms with Crippen molar-refractivity contribution in [2.75, 3.05) is 25.2 Å². The minimum absolute atomic E-state index is 0.0349. The van der Waals surface area contributed by atoms with Crippen molar-refractivity contribution in [1.29, 1.82) is 0 Å². The summed E-state index contributed by atoms with van der Waals surface area (Å²) in [6.45, 7) is 1.90. The lowest BCUT2D eigenvalue weighted by Gasteiger charge is -2.23. The maximum absolute atomic E-state index is 12.4. The Morgan fingerprint density at radius 3 is 2.64 bits per heavy atom. The zero-order valence-electron chi connectivity index (χ0n) is 12.5. The first-order valence-corrected chi connectivity index (χ1v) is 8.78. The van der Waals surface area contributed by atoms with Gasteiger partial charge in [0, 0.05) is 13.1 Å². The molecule has 1 aliphatic heterocycles. The molecule has 1 aromatic heterocycles. The lowest BCUT2D eigenvalue weighted by molar-refractivity contribution is 0.0519. The number of aromatic nitrogens is 1. The Labute approximate surface area is 129 Å². The van der Waals surface area contributed by atoms with Crippen LogP contribution in [0.3, 0.4) is 0 Å². The lowest BCUT2D eigenvalue weighted by atomic mass is 10.2. The number of carbonyl (C=O) groups excluding carboxylic acids is 2. The van der Waals surface area contributed by atoms with Crippen LogP contribution < -0.4 is 0 Å². The molecule has 0 radical (unpaired) electrons. The third-order valence-corrected chi connectivity index (χ3v) is 5.28. The van der Waals surface area contributed by atoms with E-state index in [2.05, 4.69) is 4.98 Å². The van der Waals surface area contributed by atoms with Crippen LogP contribution in [0.15, 0.2) is 18.2 Å². The number of hydrogen-bond acceptors (Lipinski definition) is 6. The number of esters is 1. The summed E-state index contributed by atoms with van der Waals surface area (Å²) >= 11 is 0. The molecule has 1 aromatic rings. The van der Waals surface area contributed by atoms with Gasteiger partial charge < -0.3 is 9.64 Å². The summed E-state index contributed by atoms with van der Waals surface area (Å²) < 4.78 is 27.9. The fourth-order valence-electron chi connectivity index (χ4n) is 2.30. The fourth-order valence-corrected chi connectivity index (χ4v) is 4.07. The summed E-state index contributed by atoms with van der Waals surface area (Å²) in [6, 6.07) is 4.15. The number of amides is 1. The molecular formula is C14H18N2O5S. The normalized spacial score (nSPS) is 19.6. The van der Waals surface area contributed by atoms with E-state index >= 15 is 0 Å². The van der Waals surface area contributed by atoms with Gasteiger partial charge >= 0.3 is 5.97 Å². The van der Waals surface area contributed by atoms with Gasteiger partial charge in [-0.2, -0.15) is 0 Å². The second kappa shape index (κ2) is 6.43. The molecule has 120 valence electrons. The van der Waals surface area contributed by atoms with Gasteiger partial charge in [0.15, 0.2) is 9.84 Å². The molecule has 0 aromatic carbocycles. The molecule has 2 rings (SSSR count). The van der Waals surface area contributed by atoms with Gasteiger partial charge in [0.25, 0.3) is 5.91 Å². The molecule has 0 aliphatic carbocycles. The molecule has 1 amide bonds. The summed E-state index contributed by atoms with van der Waals surface area (Å²) in [7, 11) is -1.53. The van der Waals surface area contributed by atoms with Gasteiger partial charge in [-0.25, -0.2) is 18.2 Å². The molecule has 0 N–H and O–H groups in total. The number of carbonyl (C=O) groups is 2. The number of pyridine rings is 1. The highest BCUT2D eigenvalue weighted by Crippen LogP contribution is 2.18. The first-order valence-electron chi connectivity index (χ1n) is 6.96. The minimum atomic E-state index is -3.07. The number of ether oxygens (including phenoxy) is 1. The van der Waals surface area contributed by atoms with Crippen LogP contribution in [0.5, 0.6) is 0 Å². The van der Waals surface area contributed by atoms with Crippen LogP contribution >= 0.6 is 0 Å². The Morgan fingerprint density at radius 1 is 1.36 bits per heavy atom. The van der Waals surface area contributed by atoms with E-state index in [1.165, 1.54) is 17.0 Å². The van der Waals surface area contributed by atoms with Crippen molar-refractivity contribution in [3.05, 3.63) is 29.6 Å². The Kier molecular flexibility index (Phi) is 4.80. The first kappa shape index (κ1) is 16.4. The second-order valence-corrected chi connectivity index (χ2v) is 7.33. The molecule has 1 fully saturated rings. The van der Waals surface area contributed by atoms with Gasteiger partial charge in [-0.1, -0.05) is 6.07 Å². The molecular weight excluding hydrogens is 308 g/mol. The molecule has 7 nitrogen and oxygen atoms in total. The molecule has 8 heteroatoms. The molecule has 1 unspecified atom stereocenters. The van der Waals surface area contributed by atoms with Crippen LogP contribution in [-0.2, 0) is 14.6 Å². The van der Waals surface area contributed by atoms with Gasteiger partial charge in [-0.3, -0.25) is 4.79 Å². The minimum Gasteiger partial charge on any atom is -0.461 e. The van der Waals surface area contributed by atoms with E-state index in [1.807, 2.05) is 0 Å². The molecule has 0 spiro atoms. The van der Waals surface area contributed by atoms with E-state index in [9.17, 15) is 18.0 Å². The molecule has 1 aliphatic rings. The molecule has 1 atom stereocenters.